The summed E-state index contributed by atoms with van der Waals surface area (Å²) in [6, 6.07) is 8.28. The molecular formula is C24H25N5O5. The van der Waals surface area contributed by atoms with E-state index in [1.54, 1.807) is 36.8 Å². The van der Waals surface area contributed by atoms with E-state index in [9.17, 15) is 19.5 Å². The van der Waals surface area contributed by atoms with E-state index in [4.69, 9.17) is 5.11 Å². The van der Waals surface area contributed by atoms with Crippen LogP contribution in [0.5, 0.6) is 0 Å². The number of nitrogens with one attached hydrogen (secondary N) is 2. The number of carbonyl (C=O) groups excluding carboxylic acids is 1. The van der Waals surface area contributed by atoms with Crippen LogP contribution in [-0.2, 0) is 20.9 Å². The maximum atomic E-state index is 12.3. The number of pyridine rings is 1. The minimum atomic E-state index is -1.21. The number of aromatic nitrogens is 2. The lowest BCUT2D eigenvalue weighted by atomic mass is 10.0. The van der Waals surface area contributed by atoms with Gasteiger partial charge in [0.15, 0.2) is 0 Å². The number of H-pyrrole nitrogens is 1. The second-order valence-corrected chi connectivity index (χ2v) is 8.07. The van der Waals surface area contributed by atoms with Gasteiger partial charge in [-0.05, 0) is 29.8 Å². The van der Waals surface area contributed by atoms with Crippen LogP contribution in [0.4, 0.5) is 5.69 Å². The average Bonchev–Trinajstić information content (AvgIpc) is 3.22. The molecule has 1 fully saturated rings. The molecule has 10 nitrogen and oxygen atoms in total. The molecule has 1 aliphatic rings. The minimum absolute atomic E-state index is 0.470. The van der Waals surface area contributed by atoms with Gasteiger partial charge in [0.25, 0.3) is 0 Å². The first-order valence-electron chi connectivity index (χ1n) is 10.8. The van der Waals surface area contributed by atoms with Crippen molar-refractivity contribution in [3.8, 4) is 0 Å². The lowest BCUT2D eigenvalue weighted by Crippen LogP contribution is -2.48. The third kappa shape index (κ3) is 5.48. The molecular weight excluding hydrogens is 438 g/mol. The number of nitrogens with zero attached hydrogens (tertiary/aromatic N) is 3. The third-order valence-electron chi connectivity index (χ3n) is 5.81. The molecule has 0 aliphatic carbocycles. The van der Waals surface area contributed by atoms with E-state index in [0.29, 0.717) is 29.9 Å². The molecule has 0 spiro atoms. The van der Waals surface area contributed by atoms with Crippen LogP contribution in [0.1, 0.15) is 17.2 Å². The number of hydrogen-bond donors (Lipinski definition) is 4. The fourth-order valence-electron chi connectivity index (χ4n) is 4.20. The van der Waals surface area contributed by atoms with E-state index in [0.717, 1.165) is 37.2 Å². The van der Waals surface area contributed by atoms with Crippen molar-refractivity contribution in [2.45, 2.75) is 12.6 Å². The van der Waals surface area contributed by atoms with Crippen molar-refractivity contribution in [2.75, 3.05) is 31.5 Å². The summed E-state index contributed by atoms with van der Waals surface area (Å²) in [5.74, 6) is -2.70. The second kappa shape index (κ2) is 10.3. The van der Waals surface area contributed by atoms with Gasteiger partial charge in [0.05, 0.1) is 0 Å². The highest BCUT2D eigenvalue weighted by atomic mass is 16.4. The summed E-state index contributed by atoms with van der Waals surface area (Å²) in [6.45, 7) is 3.57. The zero-order valence-electron chi connectivity index (χ0n) is 18.3. The third-order valence-corrected chi connectivity index (χ3v) is 5.81. The molecule has 176 valence electrons. The zero-order chi connectivity index (χ0) is 24.1. The molecule has 0 bridgehead atoms. The zero-order valence-corrected chi connectivity index (χ0v) is 18.3. The summed E-state index contributed by atoms with van der Waals surface area (Å²) in [5, 5.41) is 22.0. The number of aromatic amines is 1. The number of rotatable bonds is 8. The summed E-state index contributed by atoms with van der Waals surface area (Å²) in [5.41, 5.74) is 2.99. The molecule has 1 saturated heterocycles. The number of carboxylic acid groups (broad SMARTS) is 2. The highest BCUT2D eigenvalue weighted by molar-refractivity contribution is 6.03. The van der Waals surface area contributed by atoms with Gasteiger partial charge in [0, 0.05) is 85.6 Å². The molecule has 3 aromatic rings. The van der Waals surface area contributed by atoms with Gasteiger partial charge >= 0.3 is 11.9 Å². The maximum Gasteiger partial charge on any atom is 0.328 e. The van der Waals surface area contributed by atoms with Gasteiger partial charge in [0.1, 0.15) is 6.04 Å². The van der Waals surface area contributed by atoms with Crippen molar-refractivity contribution in [1.29, 1.82) is 0 Å². The van der Waals surface area contributed by atoms with E-state index in [2.05, 4.69) is 20.2 Å². The average molecular weight is 463 g/mol. The molecule has 1 aromatic carbocycles. The Bertz CT molecular complexity index is 1210. The fraction of sp³-hybridized carbons (Fsp3) is 0.250. The Labute approximate surface area is 195 Å². The van der Waals surface area contributed by atoms with E-state index in [1.165, 1.54) is 5.56 Å². The first-order chi connectivity index (χ1) is 16.4. The number of carbonyl (C=O) groups is 3. The van der Waals surface area contributed by atoms with Crippen LogP contribution < -0.4 is 5.32 Å². The molecule has 10 heteroatoms. The molecule has 0 saturated carbocycles. The van der Waals surface area contributed by atoms with E-state index >= 15 is 0 Å². The summed E-state index contributed by atoms with van der Waals surface area (Å²) >= 11 is 0. The first-order valence-corrected chi connectivity index (χ1v) is 10.8. The van der Waals surface area contributed by atoms with Crippen LogP contribution in [0.15, 0.2) is 61.1 Å². The molecule has 4 rings (SSSR count). The number of hydrogen-bond acceptors (Lipinski definition) is 6. The Balaban J connectivity index is 1.46. The smallest absolute Gasteiger partial charge is 0.328 e. The molecule has 1 unspecified atom stereocenters. The van der Waals surface area contributed by atoms with Crippen molar-refractivity contribution < 1.29 is 24.6 Å². The lowest BCUT2D eigenvalue weighted by Gasteiger charge is -2.37. The van der Waals surface area contributed by atoms with Crippen molar-refractivity contribution in [1.82, 2.24) is 19.8 Å². The number of carboxylic acids is 2. The van der Waals surface area contributed by atoms with Gasteiger partial charge in [-0.1, -0.05) is 6.07 Å². The normalized spacial score (nSPS) is 16.0. The Morgan fingerprint density at radius 2 is 1.79 bits per heavy atom. The van der Waals surface area contributed by atoms with E-state index in [-0.39, 0.29) is 0 Å². The summed E-state index contributed by atoms with van der Waals surface area (Å²) in [7, 11) is 0. The quantitative estimate of drug-likeness (QED) is 0.373. The molecule has 4 N–H and O–H groups in total. The molecule has 34 heavy (non-hydrogen) atoms. The van der Waals surface area contributed by atoms with Crippen molar-refractivity contribution in [3.05, 3.63) is 72.2 Å². The molecule has 0 radical (unpaired) electrons. The number of benzene rings is 1. The molecule has 1 atom stereocenters. The predicted octanol–water partition coefficient (Wildman–Crippen LogP) is 2.09. The van der Waals surface area contributed by atoms with Crippen LogP contribution in [0.3, 0.4) is 0 Å². The molecule has 1 amide bonds. The monoisotopic (exact) mass is 463 g/mol. The van der Waals surface area contributed by atoms with Crippen LogP contribution >= 0.6 is 0 Å². The topological polar surface area (TPSA) is 139 Å². The Morgan fingerprint density at radius 3 is 2.47 bits per heavy atom. The lowest BCUT2D eigenvalue weighted by molar-refractivity contribution is -0.144. The van der Waals surface area contributed by atoms with Gasteiger partial charge in [0.2, 0.25) is 5.91 Å². The maximum absolute atomic E-state index is 12.3. The van der Waals surface area contributed by atoms with E-state index in [1.807, 2.05) is 17.0 Å². The van der Waals surface area contributed by atoms with Crippen LogP contribution in [-0.4, -0.2) is 74.0 Å². The number of fused-ring (bicyclic) bond motifs is 1. The number of amides is 1. The van der Waals surface area contributed by atoms with Gasteiger partial charge in [-0.15, -0.1) is 0 Å². The van der Waals surface area contributed by atoms with Crippen molar-refractivity contribution in [2.24, 2.45) is 0 Å². The van der Waals surface area contributed by atoms with Gasteiger partial charge in [-0.2, -0.15) is 0 Å². The van der Waals surface area contributed by atoms with Crippen LogP contribution in [0.25, 0.3) is 10.9 Å². The molecule has 2 aromatic heterocycles. The molecule has 1 aliphatic heterocycles. The number of aliphatic carboxylic acids is 2. The molecule has 3 heterocycles. The highest BCUT2D eigenvalue weighted by Crippen LogP contribution is 2.31. The Kier molecular flexibility index (Phi) is 7.00. The highest BCUT2D eigenvalue weighted by Gasteiger charge is 2.32. The van der Waals surface area contributed by atoms with Gasteiger partial charge < -0.3 is 20.5 Å². The second-order valence-electron chi connectivity index (χ2n) is 8.07. The number of anilines is 1. The SMILES string of the molecule is O=C(O)C=CC(=O)Nc1ccc2c(C(C(=O)O)N3CCN(Cc4ccncc4)CC3)c[nH]c2c1. The summed E-state index contributed by atoms with van der Waals surface area (Å²) in [6.07, 6.45) is 6.93. The van der Waals surface area contributed by atoms with Crippen LogP contribution in [0, 0.1) is 0 Å². The predicted molar refractivity (Wildman–Crippen MR) is 125 cm³/mol. The van der Waals surface area contributed by atoms with Gasteiger partial charge in [-0.3, -0.25) is 24.4 Å². The van der Waals surface area contributed by atoms with Crippen molar-refractivity contribution >= 4 is 34.4 Å². The van der Waals surface area contributed by atoms with E-state index < -0.39 is 23.9 Å². The Morgan fingerprint density at radius 1 is 1.06 bits per heavy atom. The number of piperazine rings is 1. The van der Waals surface area contributed by atoms with Crippen molar-refractivity contribution in [3.63, 3.8) is 0 Å². The summed E-state index contributed by atoms with van der Waals surface area (Å²) in [4.78, 5) is 46.1. The standard InChI is InChI=1S/C24H25N5O5/c30-21(3-4-22(31)32)27-17-1-2-18-19(14-26-20(18)13-17)23(24(33)34)29-11-9-28(10-12-29)15-16-5-7-25-8-6-16/h1-8,13-14,23,26H,9-12,15H2,(H,27,30)(H,31,32)(H,33,34). The fourth-order valence-corrected chi connectivity index (χ4v) is 4.20. The van der Waals surface area contributed by atoms with Crippen LogP contribution in [0.2, 0.25) is 0 Å². The summed E-state index contributed by atoms with van der Waals surface area (Å²) < 4.78 is 0. The Hall–Kier alpha value is -4.02. The van der Waals surface area contributed by atoms with Gasteiger partial charge in [-0.25, -0.2) is 4.79 Å². The first kappa shape index (κ1) is 23.1. The largest absolute Gasteiger partial charge is 0.480 e. The minimum Gasteiger partial charge on any atom is -0.480 e.